The Hall–Kier alpha value is -12.9. The van der Waals surface area contributed by atoms with E-state index in [1.165, 1.54) is 150 Å². The van der Waals surface area contributed by atoms with E-state index in [1.54, 1.807) is 0 Å². The summed E-state index contributed by atoms with van der Waals surface area (Å²) in [6.07, 6.45) is 0. The molecular formula is C104H72N2. The molecule has 106 heavy (non-hydrogen) atoms. The van der Waals surface area contributed by atoms with Gasteiger partial charge in [-0.05, 0) is 240 Å². The van der Waals surface area contributed by atoms with Gasteiger partial charge in [0.15, 0.2) is 0 Å². The van der Waals surface area contributed by atoms with Crippen LogP contribution in [0.2, 0.25) is 0 Å². The summed E-state index contributed by atoms with van der Waals surface area (Å²) in [6.45, 7) is 9.50. The number of nitrogens with zero attached hydrogens (tertiary/aromatic N) is 2. The number of benzene rings is 16. The highest BCUT2D eigenvalue weighted by Gasteiger charge is 2.54. The number of para-hydroxylation sites is 1. The van der Waals surface area contributed by atoms with Crippen molar-refractivity contribution in [2.24, 2.45) is 0 Å². The van der Waals surface area contributed by atoms with Crippen LogP contribution < -0.4 is 9.80 Å². The van der Waals surface area contributed by atoms with Crippen LogP contribution in [0.15, 0.2) is 364 Å². The predicted octanol–water partition coefficient (Wildman–Crippen LogP) is 26.9. The van der Waals surface area contributed by atoms with Gasteiger partial charge >= 0.3 is 0 Å². The SMILES string of the molecule is CC1(C)c2ccccc2-c2cc(N(c3cccc(-c4ccccc4)c3)c3ccc4c(c3)C3(c5ccccc5-c5ccccc53)c3cc(-c5cccc(-c6ccccc6N(c6ccc7c(c6)-c6ccccc6C7(C)C)c6ccc7c(c6)C6(c8ccccc8-c8ccccc86)c6ccccc6-7)c5)ccc3-4)ccc21. The first-order valence-electron chi connectivity index (χ1n) is 37.5. The molecule has 0 saturated heterocycles. The van der Waals surface area contributed by atoms with Crippen LogP contribution in [0, 0.1) is 0 Å². The molecule has 2 heteroatoms. The molecule has 0 aliphatic heterocycles. The van der Waals surface area contributed by atoms with Gasteiger partial charge in [-0.15, -0.1) is 0 Å². The first-order chi connectivity index (χ1) is 52.1. The van der Waals surface area contributed by atoms with Crippen molar-refractivity contribution < 1.29 is 0 Å². The Morgan fingerprint density at radius 3 is 0.962 bits per heavy atom. The van der Waals surface area contributed by atoms with Crippen molar-refractivity contribution in [1.82, 2.24) is 0 Å². The molecule has 0 fully saturated rings. The van der Waals surface area contributed by atoms with Crippen LogP contribution in [0.1, 0.15) is 94.5 Å². The molecule has 0 N–H and O–H groups in total. The van der Waals surface area contributed by atoms with Crippen molar-refractivity contribution in [1.29, 1.82) is 0 Å². The summed E-state index contributed by atoms with van der Waals surface area (Å²) in [6, 6.07) is 139. The van der Waals surface area contributed by atoms with E-state index in [9.17, 15) is 0 Å². The molecule has 0 heterocycles. The Labute approximate surface area is 620 Å². The maximum absolute atomic E-state index is 2.56. The number of rotatable bonds is 9. The van der Waals surface area contributed by atoms with Gasteiger partial charge in [0.2, 0.25) is 0 Å². The first-order valence-corrected chi connectivity index (χ1v) is 37.5. The maximum atomic E-state index is 2.56. The molecule has 0 saturated carbocycles. The Morgan fingerprint density at radius 2 is 0.462 bits per heavy atom. The number of hydrogen-bond acceptors (Lipinski definition) is 2. The molecule has 2 spiro atoms. The monoisotopic (exact) mass is 1350 g/mol. The molecule has 22 rings (SSSR count). The average Bonchev–Trinajstić information content (AvgIpc) is 1.51. The minimum Gasteiger partial charge on any atom is -0.310 e. The third-order valence-corrected chi connectivity index (χ3v) is 25.1. The minimum absolute atomic E-state index is 0.127. The van der Waals surface area contributed by atoms with Gasteiger partial charge in [-0.25, -0.2) is 0 Å². The van der Waals surface area contributed by atoms with Crippen LogP contribution >= 0.6 is 0 Å². The zero-order valence-corrected chi connectivity index (χ0v) is 59.5. The summed E-state index contributed by atoms with van der Waals surface area (Å²) in [5, 5.41) is 0. The highest BCUT2D eigenvalue weighted by atomic mass is 15.2. The van der Waals surface area contributed by atoms with Crippen LogP contribution in [-0.4, -0.2) is 0 Å². The highest BCUT2D eigenvalue weighted by Crippen LogP contribution is 2.66. The number of hydrogen-bond donors (Lipinski definition) is 0. The molecule has 498 valence electrons. The van der Waals surface area contributed by atoms with E-state index in [0.717, 1.165) is 50.8 Å². The maximum Gasteiger partial charge on any atom is 0.0726 e. The Bertz CT molecular complexity index is 6330. The fraction of sp³-hybridized carbons (Fsp3) is 0.0769. The summed E-state index contributed by atoms with van der Waals surface area (Å²) in [5.74, 6) is 0. The van der Waals surface area contributed by atoms with E-state index in [4.69, 9.17) is 0 Å². The van der Waals surface area contributed by atoms with Gasteiger partial charge in [0.25, 0.3) is 0 Å². The van der Waals surface area contributed by atoms with Gasteiger partial charge in [-0.2, -0.15) is 0 Å². The van der Waals surface area contributed by atoms with E-state index in [1.807, 2.05) is 0 Å². The van der Waals surface area contributed by atoms with E-state index < -0.39 is 10.8 Å². The van der Waals surface area contributed by atoms with Gasteiger partial charge < -0.3 is 9.80 Å². The number of anilines is 6. The molecule has 6 aliphatic rings. The van der Waals surface area contributed by atoms with Crippen molar-refractivity contribution >= 4 is 34.1 Å². The van der Waals surface area contributed by atoms with E-state index >= 15 is 0 Å². The van der Waals surface area contributed by atoms with Crippen molar-refractivity contribution in [3.63, 3.8) is 0 Å². The van der Waals surface area contributed by atoms with Crippen LogP contribution in [0.3, 0.4) is 0 Å². The average molecular weight is 1350 g/mol. The van der Waals surface area contributed by atoms with Gasteiger partial charge in [0.05, 0.1) is 16.5 Å². The van der Waals surface area contributed by atoms with Gasteiger partial charge in [0.1, 0.15) is 0 Å². The second kappa shape index (κ2) is 22.3. The van der Waals surface area contributed by atoms with Crippen molar-refractivity contribution in [2.45, 2.75) is 49.4 Å². The standard InChI is InChI=1S/C104H72N2/c1-101(2)88-40-16-8-38-81(88)86-61-71(51-56-90(86)101)105(70-31-25-29-67(59-70)65-26-6-5-7-27-65)73-49-54-85-83-53-48-68(60-97(83)104(99(85)63-73)95-45-21-12-35-78(95)79-36-13-22-46-96(79)104)66-28-24-30-69(58-66)75-32-15-23-47-100(75)106(72-52-57-91-87(62-72)82-39-9-17-41-89(82)102(91,3)4)74-50-55-84-80-37-14-20-44-94(80)103(98(84)64-74)92-42-18-10-33-76(92)77-34-11-19-43-93(77)103/h5-64H,1-4H3. The Balaban J connectivity index is 0.714. The second-order valence-electron chi connectivity index (χ2n) is 30.9. The molecule has 0 aromatic heterocycles. The van der Waals surface area contributed by atoms with Gasteiger partial charge in [0, 0.05) is 44.8 Å². The predicted molar refractivity (Wildman–Crippen MR) is 440 cm³/mol. The lowest BCUT2D eigenvalue weighted by atomic mass is 9.70. The van der Waals surface area contributed by atoms with E-state index in [-0.39, 0.29) is 10.8 Å². The fourth-order valence-corrected chi connectivity index (χ4v) is 20.5. The summed E-state index contributed by atoms with van der Waals surface area (Å²) < 4.78 is 0. The second-order valence-corrected chi connectivity index (χ2v) is 30.9. The molecule has 0 amide bonds. The first kappa shape index (κ1) is 60.7. The van der Waals surface area contributed by atoms with Gasteiger partial charge in [-0.3, -0.25) is 0 Å². The van der Waals surface area contributed by atoms with Crippen LogP contribution in [0.5, 0.6) is 0 Å². The molecule has 16 aromatic rings. The lowest BCUT2D eigenvalue weighted by Gasteiger charge is -2.33. The molecule has 0 radical (unpaired) electrons. The normalized spacial score (nSPS) is 14.7. The molecule has 16 aromatic carbocycles. The minimum atomic E-state index is -0.642. The Kier molecular flexibility index (Phi) is 12.8. The lowest BCUT2D eigenvalue weighted by molar-refractivity contribution is 0.660. The van der Waals surface area contributed by atoms with Crippen LogP contribution in [0.25, 0.3) is 100 Å². The summed E-state index contributed by atoms with van der Waals surface area (Å²) in [5.41, 5.74) is 43.6. The molecular weight excluding hydrogens is 1280 g/mol. The Morgan fingerprint density at radius 1 is 0.160 bits per heavy atom. The van der Waals surface area contributed by atoms with Crippen molar-refractivity contribution in [3.05, 3.63) is 431 Å². The van der Waals surface area contributed by atoms with Gasteiger partial charge in [-0.1, -0.05) is 313 Å². The quantitative estimate of drug-likeness (QED) is 0.142. The fourth-order valence-electron chi connectivity index (χ4n) is 20.5. The van der Waals surface area contributed by atoms with Crippen molar-refractivity contribution in [3.8, 4) is 100 Å². The third-order valence-electron chi connectivity index (χ3n) is 25.1. The molecule has 0 atom stereocenters. The lowest BCUT2D eigenvalue weighted by Crippen LogP contribution is -2.26. The smallest absolute Gasteiger partial charge is 0.0726 e. The third kappa shape index (κ3) is 8.22. The molecule has 6 aliphatic carbocycles. The molecule has 2 nitrogen and oxygen atoms in total. The topological polar surface area (TPSA) is 6.48 Å². The van der Waals surface area contributed by atoms with E-state index in [2.05, 4.69) is 401 Å². The number of fused-ring (bicyclic) bond motifs is 26. The van der Waals surface area contributed by atoms with Crippen molar-refractivity contribution in [2.75, 3.05) is 9.80 Å². The van der Waals surface area contributed by atoms with Crippen LogP contribution in [0.4, 0.5) is 34.1 Å². The van der Waals surface area contributed by atoms with E-state index in [0.29, 0.717) is 0 Å². The zero-order chi connectivity index (χ0) is 70.4. The highest BCUT2D eigenvalue weighted by molar-refractivity contribution is 6.01. The summed E-state index contributed by atoms with van der Waals surface area (Å²) in [7, 11) is 0. The zero-order valence-electron chi connectivity index (χ0n) is 59.5. The summed E-state index contributed by atoms with van der Waals surface area (Å²) >= 11 is 0. The molecule has 0 unspecified atom stereocenters. The largest absolute Gasteiger partial charge is 0.310 e. The molecule has 0 bridgehead atoms. The summed E-state index contributed by atoms with van der Waals surface area (Å²) in [4.78, 5) is 5.07. The van der Waals surface area contributed by atoms with Crippen LogP contribution in [-0.2, 0) is 21.7 Å².